The standard InChI is InChI=1S/Cl2O.3O.2Y/c1-3-2;;;;;/q;3*-2;2*+3. The second-order valence-corrected chi connectivity index (χ2v) is 0.525. The third-order valence-electron chi connectivity index (χ3n) is 0. The molecule has 0 saturated heterocycles. The summed E-state index contributed by atoms with van der Waals surface area (Å²) in [5, 5.41) is 0. The summed E-state index contributed by atoms with van der Waals surface area (Å²) in [5.74, 6) is 0. The van der Waals surface area contributed by atoms with Gasteiger partial charge in [-0.05, 0) is 0 Å². The van der Waals surface area contributed by atoms with Gasteiger partial charge in [0, 0.05) is 0 Å². The maximum absolute atomic E-state index is 4.26. The van der Waals surface area contributed by atoms with Crippen LogP contribution < -0.4 is 0 Å². The summed E-state index contributed by atoms with van der Waals surface area (Å²) >= 11 is 8.53. The molecule has 0 aromatic heterocycles. The van der Waals surface area contributed by atoms with E-state index in [1.165, 1.54) is 0 Å². The Morgan fingerprint density at radius 3 is 0.750 bits per heavy atom. The fourth-order valence-corrected chi connectivity index (χ4v) is 0. The number of hydrogen-bond acceptors (Lipinski definition) is 1. The van der Waals surface area contributed by atoms with Crippen LogP contribution in [0.3, 0.4) is 0 Å². The van der Waals surface area contributed by atoms with Crippen molar-refractivity contribution in [1.29, 1.82) is 0 Å². The van der Waals surface area contributed by atoms with E-state index in [-0.39, 0.29) is 81.8 Å². The number of halogens is 2. The molecule has 0 aliphatic heterocycles. The molecule has 0 bridgehead atoms. The van der Waals surface area contributed by atoms with Crippen LogP contribution in [0.2, 0.25) is 0 Å². The molecule has 0 N–H and O–H groups in total. The van der Waals surface area contributed by atoms with E-state index in [4.69, 9.17) is 0 Å². The summed E-state index contributed by atoms with van der Waals surface area (Å²) in [6.45, 7) is 0. The smallest absolute Gasteiger partial charge is 2.00 e. The molecule has 0 rings (SSSR count). The first-order chi connectivity index (χ1) is 1.41. The summed E-state index contributed by atoms with van der Waals surface area (Å²) in [4.78, 5) is 0. The molecule has 0 atom stereocenters. The Hall–Kier alpha value is 2.63. The Morgan fingerprint density at radius 1 is 0.750 bits per heavy atom. The Balaban J connectivity index is -0.00000000200. The minimum Gasteiger partial charge on any atom is -2.00 e. The van der Waals surface area contributed by atoms with Crippen LogP contribution in [-0.4, -0.2) is 0 Å². The minimum atomic E-state index is 0. The molecule has 0 saturated carbocycles. The van der Waals surface area contributed by atoms with E-state index in [0.717, 1.165) is 0 Å². The monoisotopic (exact) mass is 312 g/mol. The van der Waals surface area contributed by atoms with E-state index in [9.17, 15) is 0 Å². The van der Waals surface area contributed by atoms with Gasteiger partial charge in [0.25, 0.3) is 0 Å². The molecule has 0 heterocycles. The summed E-state index contributed by atoms with van der Waals surface area (Å²) in [5.41, 5.74) is 0. The van der Waals surface area contributed by atoms with Crippen molar-refractivity contribution in [2.45, 2.75) is 0 Å². The molecule has 0 radical (unpaired) electrons. The molecule has 0 aliphatic rings. The summed E-state index contributed by atoms with van der Waals surface area (Å²) in [6, 6.07) is 0. The van der Waals surface area contributed by atoms with E-state index in [2.05, 4.69) is 27.6 Å². The molecule has 0 fully saturated rings. The van der Waals surface area contributed by atoms with Crippen molar-refractivity contribution in [2.24, 2.45) is 0 Å². The van der Waals surface area contributed by atoms with Gasteiger partial charge in [-0.15, -0.1) is 0 Å². The van der Waals surface area contributed by atoms with Gasteiger partial charge in [0.1, 0.15) is 0 Å². The van der Waals surface area contributed by atoms with E-state index in [0.29, 0.717) is 0 Å². The van der Waals surface area contributed by atoms with Crippen LogP contribution >= 0.6 is 23.7 Å². The zero-order chi connectivity index (χ0) is 2.71. The van der Waals surface area contributed by atoms with Crippen LogP contribution in [-0.2, 0) is 85.7 Å². The van der Waals surface area contributed by atoms with Crippen LogP contribution in [0.1, 0.15) is 0 Å². The Kier molecular flexibility index (Phi) is 313. The molecular weight excluding hydrogens is 313 g/mol. The molecule has 4 nitrogen and oxygen atoms in total. The first kappa shape index (κ1) is 46.0. The zero-order valence-electron chi connectivity index (χ0n) is 3.54. The molecule has 0 amide bonds. The van der Waals surface area contributed by atoms with Crippen molar-refractivity contribution in [3.05, 3.63) is 0 Å². The normalized spacial score (nSPS) is 2.25. The maximum atomic E-state index is 4.26. The van der Waals surface area contributed by atoms with Crippen molar-refractivity contribution in [3.63, 3.8) is 0 Å². The van der Waals surface area contributed by atoms with Crippen LogP contribution in [0.15, 0.2) is 0 Å². The third kappa shape index (κ3) is 72.7. The molecule has 8 heteroatoms. The second-order valence-electron chi connectivity index (χ2n) is 0.0583. The van der Waals surface area contributed by atoms with Crippen molar-refractivity contribution in [1.82, 2.24) is 0 Å². The maximum Gasteiger partial charge on any atom is 3.00 e. The van der Waals surface area contributed by atoms with Crippen LogP contribution in [0, 0.1) is 0 Å². The summed E-state index contributed by atoms with van der Waals surface area (Å²) in [7, 11) is 0. The van der Waals surface area contributed by atoms with Gasteiger partial charge < -0.3 is 16.4 Å². The molecule has 0 aromatic carbocycles. The van der Waals surface area contributed by atoms with E-state index < -0.39 is 0 Å². The average Bonchev–Trinajstić information content (AvgIpc) is 0.918. The fourth-order valence-electron chi connectivity index (χ4n) is 0. The van der Waals surface area contributed by atoms with Crippen molar-refractivity contribution >= 4 is 23.7 Å². The summed E-state index contributed by atoms with van der Waals surface area (Å²) in [6.07, 6.45) is 0. The predicted octanol–water partition coefficient (Wildman–Crippen LogP) is 0.949. The van der Waals surface area contributed by atoms with Crippen LogP contribution in [0.4, 0.5) is 0 Å². The molecule has 8 heavy (non-hydrogen) atoms. The van der Waals surface area contributed by atoms with Crippen LogP contribution in [0.5, 0.6) is 0 Å². The Bertz CT molecular complexity index is 12.0. The first-order valence-corrected chi connectivity index (χ1v) is 0.926. The molecule has 0 unspecified atom stereocenters. The number of rotatable bonds is 0. The van der Waals surface area contributed by atoms with Crippen molar-refractivity contribution in [2.75, 3.05) is 0 Å². The van der Waals surface area contributed by atoms with Gasteiger partial charge in [0.05, 0.1) is 23.7 Å². The van der Waals surface area contributed by atoms with E-state index >= 15 is 0 Å². The number of hydrogen-bond donors (Lipinski definition) is 0. The summed E-state index contributed by atoms with van der Waals surface area (Å²) < 4.78 is 3.19. The largest absolute Gasteiger partial charge is 3.00 e. The fraction of sp³-hybridized carbons (Fsp3) is 0. The Morgan fingerprint density at radius 2 is 0.750 bits per heavy atom. The van der Waals surface area contributed by atoms with Gasteiger partial charge in [-0.2, -0.15) is 3.84 Å². The van der Waals surface area contributed by atoms with Crippen molar-refractivity contribution in [3.8, 4) is 0 Å². The van der Waals surface area contributed by atoms with Gasteiger partial charge in [-0.25, -0.2) is 0 Å². The third-order valence-corrected chi connectivity index (χ3v) is 0. The zero-order valence-corrected chi connectivity index (χ0v) is 10.7. The first-order valence-electron chi connectivity index (χ1n) is 0.309. The van der Waals surface area contributed by atoms with Gasteiger partial charge in [-0.3, -0.25) is 0 Å². The van der Waals surface area contributed by atoms with Crippen molar-refractivity contribution < 1.29 is 85.7 Å². The topological polar surface area (TPSA) is 94.7 Å². The SMILES string of the molecule is ClOCl.[O-2].[O-2].[O-2].[Y+3].[Y+3]. The van der Waals surface area contributed by atoms with Gasteiger partial charge in [0.2, 0.25) is 0 Å². The molecule has 0 spiro atoms. The quantitative estimate of drug-likeness (QED) is 0.654. The average molecular weight is 313 g/mol. The molecule has 0 aromatic rings. The van der Waals surface area contributed by atoms with Crippen LogP contribution in [0.25, 0.3) is 0 Å². The van der Waals surface area contributed by atoms with E-state index in [1.54, 1.807) is 0 Å². The predicted molar refractivity (Wildman–Crippen MR) is 14.9 cm³/mol. The molecule has 44 valence electrons. The minimum absolute atomic E-state index is 0. The molecular formula is Cl2O4Y2. The van der Waals surface area contributed by atoms with Gasteiger partial charge >= 0.3 is 65.4 Å². The van der Waals surface area contributed by atoms with Gasteiger partial charge in [0.15, 0.2) is 0 Å². The Labute approximate surface area is 108 Å². The second kappa shape index (κ2) is 54.5. The van der Waals surface area contributed by atoms with Gasteiger partial charge in [-0.1, -0.05) is 0 Å². The molecule has 0 aliphatic carbocycles. The van der Waals surface area contributed by atoms with E-state index in [1.807, 2.05) is 0 Å².